The highest BCUT2D eigenvalue weighted by atomic mass is 35.5. The zero-order valence-corrected chi connectivity index (χ0v) is 12.8. The normalized spacial score (nSPS) is 10.3. The number of hydrogen-bond donors (Lipinski definition) is 1. The second kappa shape index (κ2) is 7.41. The molecule has 0 aliphatic carbocycles. The Morgan fingerprint density at radius 2 is 1.70 bits per heavy atom. The lowest BCUT2D eigenvalue weighted by atomic mass is 10.2. The van der Waals surface area contributed by atoms with E-state index in [4.69, 9.17) is 27.9 Å². The zero-order valence-electron chi connectivity index (χ0n) is 11.3. The van der Waals surface area contributed by atoms with Gasteiger partial charge in [0.2, 0.25) is 0 Å². The molecule has 0 saturated heterocycles. The lowest BCUT2D eigenvalue weighted by molar-refractivity contribution is 0.314. The van der Waals surface area contributed by atoms with Crippen LogP contribution in [0.25, 0.3) is 0 Å². The summed E-state index contributed by atoms with van der Waals surface area (Å²) < 4.78 is 5.73. The summed E-state index contributed by atoms with van der Waals surface area (Å²) in [5, 5.41) is 4.77. The molecule has 20 heavy (non-hydrogen) atoms. The van der Waals surface area contributed by atoms with Crippen molar-refractivity contribution >= 4 is 28.9 Å². The largest absolute Gasteiger partial charge is 0.493 e. The number of nitrogens with one attached hydrogen (secondary N) is 1. The first kappa shape index (κ1) is 15.0. The fourth-order valence-electron chi connectivity index (χ4n) is 1.80. The molecule has 0 spiro atoms. The molecular weight excluding hydrogens is 293 g/mol. The molecule has 0 bridgehead atoms. The number of rotatable bonds is 6. The van der Waals surface area contributed by atoms with E-state index < -0.39 is 0 Å². The van der Waals surface area contributed by atoms with Crippen LogP contribution in [0.3, 0.4) is 0 Å². The molecule has 2 nitrogen and oxygen atoms in total. The molecule has 0 saturated carbocycles. The molecular formula is C16H17Cl2NO. The van der Waals surface area contributed by atoms with Gasteiger partial charge in [0.05, 0.1) is 6.61 Å². The minimum absolute atomic E-state index is 0.654. The van der Waals surface area contributed by atoms with Gasteiger partial charge >= 0.3 is 0 Å². The van der Waals surface area contributed by atoms with Crippen molar-refractivity contribution in [1.82, 2.24) is 0 Å². The minimum Gasteiger partial charge on any atom is -0.493 e. The van der Waals surface area contributed by atoms with Gasteiger partial charge in [0.15, 0.2) is 0 Å². The Morgan fingerprint density at radius 3 is 2.40 bits per heavy atom. The van der Waals surface area contributed by atoms with Crippen LogP contribution >= 0.6 is 23.2 Å². The quantitative estimate of drug-likeness (QED) is 0.772. The SMILES string of the molecule is CCCOc1ccc(Cl)cc1CNc1ccc(Cl)cc1. The van der Waals surface area contributed by atoms with Crippen LogP contribution in [-0.4, -0.2) is 6.61 Å². The number of ether oxygens (including phenoxy) is 1. The molecule has 0 fully saturated rings. The van der Waals surface area contributed by atoms with Gasteiger partial charge in [-0.25, -0.2) is 0 Å². The van der Waals surface area contributed by atoms with Gasteiger partial charge < -0.3 is 10.1 Å². The van der Waals surface area contributed by atoms with E-state index in [0.717, 1.165) is 28.4 Å². The van der Waals surface area contributed by atoms with E-state index in [1.807, 2.05) is 42.5 Å². The molecule has 0 heterocycles. The highest BCUT2D eigenvalue weighted by molar-refractivity contribution is 6.30. The minimum atomic E-state index is 0.654. The van der Waals surface area contributed by atoms with Crippen LogP contribution in [-0.2, 0) is 6.54 Å². The Kier molecular flexibility index (Phi) is 5.57. The van der Waals surface area contributed by atoms with Crippen molar-refractivity contribution in [3.63, 3.8) is 0 Å². The van der Waals surface area contributed by atoms with E-state index in [1.54, 1.807) is 0 Å². The second-order valence-electron chi connectivity index (χ2n) is 4.46. The average Bonchev–Trinajstić information content (AvgIpc) is 2.46. The summed E-state index contributed by atoms with van der Waals surface area (Å²) in [5.74, 6) is 0.873. The van der Waals surface area contributed by atoms with E-state index in [2.05, 4.69) is 12.2 Å². The molecule has 0 amide bonds. The third-order valence-corrected chi connectivity index (χ3v) is 3.30. The van der Waals surface area contributed by atoms with Gasteiger partial charge in [-0.1, -0.05) is 30.1 Å². The first-order chi connectivity index (χ1) is 9.69. The van der Waals surface area contributed by atoms with Crippen LogP contribution in [0.15, 0.2) is 42.5 Å². The van der Waals surface area contributed by atoms with Crippen LogP contribution in [0.2, 0.25) is 10.0 Å². The Bertz CT molecular complexity index is 555. The second-order valence-corrected chi connectivity index (χ2v) is 5.33. The van der Waals surface area contributed by atoms with E-state index in [0.29, 0.717) is 18.2 Å². The summed E-state index contributed by atoms with van der Waals surface area (Å²) in [4.78, 5) is 0. The van der Waals surface area contributed by atoms with Crippen LogP contribution in [0.1, 0.15) is 18.9 Å². The van der Waals surface area contributed by atoms with Crippen LogP contribution in [0.4, 0.5) is 5.69 Å². The number of anilines is 1. The van der Waals surface area contributed by atoms with Crippen molar-refractivity contribution in [2.24, 2.45) is 0 Å². The Morgan fingerprint density at radius 1 is 1.00 bits per heavy atom. The van der Waals surface area contributed by atoms with E-state index in [1.165, 1.54) is 0 Å². The van der Waals surface area contributed by atoms with Crippen molar-refractivity contribution in [3.05, 3.63) is 58.1 Å². The summed E-state index contributed by atoms with van der Waals surface area (Å²) >= 11 is 11.9. The summed E-state index contributed by atoms with van der Waals surface area (Å²) in [6.45, 7) is 3.44. The number of hydrogen-bond acceptors (Lipinski definition) is 2. The fraction of sp³-hybridized carbons (Fsp3) is 0.250. The van der Waals surface area contributed by atoms with Crippen molar-refractivity contribution in [2.75, 3.05) is 11.9 Å². The molecule has 0 aromatic heterocycles. The van der Waals surface area contributed by atoms with Crippen LogP contribution in [0.5, 0.6) is 5.75 Å². The molecule has 0 atom stereocenters. The summed E-state index contributed by atoms with van der Waals surface area (Å²) in [6.07, 6.45) is 0.979. The van der Waals surface area contributed by atoms with E-state index in [-0.39, 0.29) is 0 Å². The lowest BCUT2D eigenvalue weighted by Crippen LogP contribution is -2.04. The third-order valence-electron chi connectivity index (χ3n) is 2.81. The third kappa shape index (κ3) is 4.32. The maximum atomic E-state index is 6.05. The predicted molar refractivity (Wildman–Crippen MR) is 86.0 cm³/mol. The maximum absolute atomic E-state index is 6.05. The Hall–Kier alpha value is -1.38. The summed E-state index contributed by atoms with van der Waals surface area (Å²) in [6, 6.07) is 13.3. The molecule has 0 radical (unpaired) electrons. The first-order valence-corrected chi connectivity index (χ1v) is 7.35. The van der Waals surface area contributed by atoms with Crippen molar-refractivity contribution in [3.8, 4) is 5.75 Å². The number of halogens is 2. The standard InChI is InChI=1S/C16H17Cl2NO/c1-2-9-20-16-8-5-14(18)10-12(16)11-19-15-6-3-13(17)4-7-15/h3-8,10,19H,2,9,11H2,1H3. The summed E-state index contributed by atoms with van der Waals surface area (Å²) in [7, 11) is 0. The molecule has 0 aliphatic rings. The van der Waals surface area contributed by atoms with Crippen LogP contribution in [0, 0.1) is 0 Å². The molecule has 2 aromatic carbocycles. The van der Waals surface area contributed by atoms with Gasteiger partial charge in [0.25, 0.3) is 0 Å². The average molecular weight is 310 g/mol. The fourth-order valence-corrected chi connectivity index (χ4v) is 2.12. The van der Waals surface area contributed by atoms with Gasteiger partial charge in [-0.3, -0.25) is 0 Å². The molecule has 2 rings (SSSR count). The Labute approximate surface area is 129 Å². The lowest BCUT2D eigenvalue weighted by Gasteiger charge is -2.13. The maximum Gasteiger partial charge on any atom is 0.124 e. The van der Waals surface area contributed by atoms with Crippen LogP contribution < -0.4 is 10.1 Å². The summed E-state index contributed by atoms with van der Waals surface area (Å²) in [5.41, 5.74) is 2.05. The van der Waals surface area contributed by atoms with Gasteiger partial charge in [-0.2, -0.15) is 0 Å². The number of benzene rings is 2. The van der Waals surface area contributed by atoms with Crippen molar-refractivity contribution in [1.29, 1.82) is 0 Å². The molecule has 2 aromatic rings. The van der Waals surface area contributed by atoms with Crippen molar-refractivity contribution in [2.45, 2.75) is 19.9 Å². The molecule has 1 N–H and O–H groups in total. The molecule has 106 valence electrons. The highest BCUT2D eigenvalue weighted by Gasteiger charge is 2.05. The predicted octanol–water partition coefficient (Wildman–Crippen LogP) is 5.39. The Balaban J connectivity index is 2.07. The smallest absolute Gasteiger partial charge is 0.124 e. The van der Waals surface area contributed by atoms with E-state index >= 15 is 0 Å². The molecule has 4 heteroatoms. The monoisotopic (exact) mass is 309 g/mol. The topological polar surface area (TPSA) is 21.3 Å². The first-order valence-electron chi connectivity index (χ1n) is 6.59. The van der Waals surface area contributed by atoms with Gasteiger partial charge in [0.1, 0.15) is 5.75 Å². The zero-order chi connectivity index (χ0) is 14.4. The van der Waals surface area contributed by atoms with Gasteiger partial charge in [-0.05, 0) is 48.9 Å². The van der Waals surface area contributed by atoms with Crippen molar-refractivity contribution < 1.29 is 4.74 Å². The molecule has 0 unspecified atom stereocenters. The highest BCUT2D eigenvalue weighted by Crippen LogP contribution is 2.24. The molecule has 0 aliphatic heterocycles. The van der Waals surface area contributed by atoms with Gasteiger partial charge in [-0.15, -0.1) is 0 Å². The van der Waals surface area contributed by atoms with Gasteiger partial charge in [0, 0.05) is 27.8 Å². The van der Waals surface area contributed by atoms with E-state index in [9.17, 15) is 0 Å².